The number of hydrogen-bond acceptors (Lipinski definition) is 4. The summed E-state index contributed by atoms with van der Waals surface area (Å²) in [5.74, 6) is -0.0467. The summed E-state index contributed by atoms with van der Waals surface area (Å²) in [6.45, 7) is 6.17. The minimum Gasteiger partial charge on any atom is -0.353 e. The first-order valence-electron chi connectivity index (χ1n) is 12.3. The van der Waals surface area contributed by atoms with Gasteiger partial charge in [-0.3, -0.25) is 14.7 Å². The van der Waals surface area contributed by atoms with Crippen LogP contribution in [0.2, 0.25) is 0 Å². The van der Waals surface area contributed by atoms with E-state index in [1.807, 2.05) is 12.1 Å². The fraction of sp³-hybridized carbons (Fsp3) is 0.310. The standard InChI is InChI=1S/C29H32N4O/c34-28(14-13-23-8-7-15-30-22-23)31-16-5-6-17-32-18-20-33(21-19-32)29-26-11-3-1-9-24(26)25-10-2-4-12-27(25)29/h1-4,7-15,22,29H,5-6,16-21H2,(H,31,34)/b14-13-. The Morgan fingerprint density at radius 3 is 2.29 bits per heavy atom. The van der Waals surface area contributed by atoms with Crippen molar-refractivity contribution >= 4 is 12.0 Å². The highest BCUT2D eigenvalue weighted by Gasteiger charge is 2.33. The van der Waals surface area contributed by atoms with Gasteiger partial charge in [-0.1, -0.05) is 54.6 Å². The SMILES string of the molecule is O=C(/C=C\c1cccnc1)NCCCCN1CCN(C2c3ccccc3-c3ccccc32)CC1. The van der Waals surface area contributed by atoms with Crippen molar-refractivity contribution in [2.75, 3.05) is 39.3 Å². The Kier molecular flexibility index (Phi) is 7.13. The summed E-state index contributed by atoms with van der Waals surface area (Å²) in [7, 11) is 0. The van der Waals surface area contributed by atoms with Gasteiger partial charge in [0.2, 0.25) is 5.91 Å². The van der Waals surface area contributed by atoms with Crippen molar-refractivity contribution in [2.45, 2.75) is 18.9 Å². The van der Waals surface area contributed by atoms with Crippen molar-refractivity contribution in [2.24, 2.45) is 0 Å². The molecule has 3 aromatic rings. The van der Waals surface area contributed by atoms with Crippen molar-refractivity contribution in [3.63, 3.8) is 0 Å². The molecule has 5 heteroatoms. The number of rotatable bonds is 8. The fourth-order valence-electron chi connectivity index (χ4n) is 5.14. The number of nitrogens with one attached hydrogen (secondary N) is 1. The molecule has 2 heterocycles. The van der Waals surface area contributed by atoms with Crippen molar-refractivity contribution in [3.8, 4) is 11.1 Å². The molecule has 2 aromatic carbocycles. The van der Waals surface area contributed by atoms with E-state index in [1.54, 1.807) is 24.5 Å². The minimum absolute atomic E-state index is 0.0467. The lowest BCUT2D eigenvalue weighted by molar-refractivity contribution is -0.116. The van der Waals surface area contributed by atoms with E-state index in [2.05, 4.69) is 68.6 Å². The zero-order valence-electron chi connectivity index (χ0n) is 19.6. The molecule has 0 atom stereocenters. The average molecular weight is 453 g/mol. The number of pyridine rings is 1. The molecule has 0 bridgehead atoms. The zero-order valence-corrected chi connectivity index (χ0v) is 19.6. The van der Waals surface area contributed by atoms with Gasteiger partial charge in [-0.25, -0.2) is 0 Å². The predicted molar refractivity (Wildman–Crippen MR) is 137 cm³/mol. The van der Waals surface area contributed by atoms with Crippen LogP contribution in [0.25, 0.3) is 17.2 Å². The Balaban J connectivity index is 1.05. The van der Waals surface area contributed by atoms with Crippen molar-refractivity contribution < 1.29 is 4.79 Å². The molecule has 1 aliphatic carbocycles. The maximum absolute atomic E-state index is 12.0. The Hall–Kier alpha value is -3.28. The number of carbonyl (C=O) groups is 1. The van der Waals surface area contributed by atoms with Crippen molar-refractivity contribution in [3.05, 3.63) is 95.8 Å². The van der Waals surface area contributed by atoms with E-state index < -0.39 is 0 Å². The summed E-state index contributed by atoms with van der Waals surface area (Å²) in [4.78, 5) is 21.2. The van der Waals surface area contributed by atoms with Crippen molar-refractivity contribution in [1.29, 1.82) is 0 Å². The summed E-state index contributed by atoms with van der Waals surface area (Å²) < 4.78 is 0. The molecule has 5 nitrogen and oxygen atoms in total. The number of nitrogens with zero attached hydrogens (tertiary/aromatic N) is 3. The summed E-state index contributed by atoms with van der Waals surface area (Å²) in [5.41, 5.74) is 6.61. The van der Waals surface area contributed by atoms with E-state index in [0.717, 1.165) is 51.1 Å². The van der Waals surface area contributed by atoms with Crippen LogP contribution in [-0.2, 0) is 4.79 Å². The number of hydrogen-bond donors (Lipinski definition) is 1. The Labute approximate surface area is 202 Å². The van der Waals surface area contributed by atoms with Gasteiger partial charge >= 0.3 is 0 Å². The Bertz CT molecular complexity index is 1090. The molecule has 0 spiro atoms. The first-order chi connectivity index (χ1) is 16.8. The second-order valence-corrected chi connectivity index (χ2v) is 9.07. The number of fused-ring (bicyclic) bond motifs is 3. The average Bonchev–Trinajstić information content (AvgIpc) is 3.23. The molecule has 1 N–H and O–H groups in total. The molecule has 1 saturated heterocycles. The van der Waals surface area contributed by atoms with Crippen LogP contribution in [0.15, 0.2) is 79.1 Å². The molecular weight excluding hydrogens is 420 g/mol. The molecule has 1 aliphatic heterocycles. The van der Waals surface area contributed by atoms with Crippen LogP contribution >= 0.6 is 0 Å². The van der Waals surface area contributed by atoms with Gasteiger partial charge in [0.1, 0.15) is 0 Å². The highest BCUT2D eigenvalue weighted by atomic mass is 16.1. The topological polar surface area (TPSA) is 48.5 Å². The van der Waals surface area contributed by atoms with E-state index in [-0.39, 0.29) is 5.91 Å². The lowest BCUT2D eigenvalue weighted by Crippen LogP contribution is -2.47. The molecule has 5 rings (SSSR count). The van der Waals surface area contributed by atoms with Gasteiger partial charge in [-0.2, -0.15) is 0 Å². The van der Waals surface area contributed by atoms with E-state index >= 15 is 0 Å². The summed E-state index contributed by atoms with van der Waals surface area (Å²) >= 11 is 0. The smallest absolute Gasteiger partial charge is 0.243 e. The highest BCUT2D eigenvalue weighted by molar-refractivity contribution is 5.91. The molecule has 0 unspecified atom stereocenters. The minimum atomic E-state index is -0.0467. The molecular formula is C29H32N4O. The molecule has 174 valence electrons. The molecule has 1 fully saturated rings. The lowest BCUT2D eigenvalue weighted by Gasteiger charge is -2.38. The number of benzene rings is 2. The Morgan fingerprint density at radius 1 is 0.912 bits per heavy atom. The van der Waals surface area contributed by atoms with Crippen LogP contribution in [-0.4, -0.2) is 60.0 Å². The van der Waals surface area contributed by atoms with Crippen molar-refractivity contribution in [1.82, 2.24) is 20.1 Å². The number of amides is 1. The first-order valence-corrected chi connectivity index (χ1v) is 12.3. The molecule has 34 heavy (non-hydrogen) atoms. The second-order valence-electron chi connectivity index (χ2n) is 9.07. The van der Waals surface area contributed by atoms with E-state index in [9.17, 15) is 4.79 Å². The molecule has 2 aliphatic rings. The first kappa shape index (κ1) is 22.5. The number of piperazine rings is 1. The quantitative estimate of drug-likeness (QED) is 0.407. The van der Waals surface area contributed by atoms with Crippen LogP contribution in [0.3, 0.4) is 0 Å². The van der Waals surface area contributed by atoms with E-state index in [0.29, 0.717) is 12.6 Å². The third kappa shape index (κ3) is 5.11. The zero-order chi connectivity index (χ0) is 23.2. The van der Waals surface area contributed by atoms with E-state index in [4.69, 9.17) is 0 Å². The number of aromatic nitrogens is 1. The molecule has 0 radical (unpaired) electrons. The largest absolute Gasteiger partial charge is 0.353 e. The lowest BCUT2D eigenvalue weighted by atomic mass is 10.0. The fourth-order valence-corrected chi connectivity index (χ4v) is 5.14. The third-order valence-corrected chi connectivity index (χ3v) is 6.88. The van der Waals surface area contributed by atoms with Crippen LogP contribution in [0.1, 0.15) is 35.6 Å². The predicted octanol–water partition coefficient (Wildman–Crippen LogP) is 4.38. The van der Waals surface area contributed by atoms with Gasteiger partial charge in [0.15, 0.2) is 0 Å². The van der Waals surface area contributed by atoms with Crippen LogP contribution in [0.4, 0.5) is 0 Å². The monoisotopic (exact) mass is 452 g/mol. The van der Waals surface area contributed by atoms with Crippen LogP contribution in [0.5, 0.6) is 0 Å². The van der Waals surface area contributed by atoms with Crippen LogP contribution < -0.4 is 5.32 Å². The summed E-state index contributed by atoms with van der Waals surface area (Å²) in [6.07, 6.45) is 8.94. The van der Waals surface area contributed by atoms with Crippen LogP contribution in [0, 0.1) is 0 Å². The summed E-state index contributed by atoms with van der Waals surface area (Å²) in [5, 5.41) is 2.98. The highest BCUT2D eigenvalue weighted by Crippen LogP contribution is 2.46. The normalized spacial score (nSPS) is 16.5. The van der Waals surface area contributed by atoms with Gasteiger partial charge < -0.3 is 10.2 Å². The summed E-state index contributed by atoms with van der Waals surface area (Å²) in [6, 6.07) is 21.9. The van der Waals surface area contributed by atoms with E-state index in [1.165, 1.54) is 22.3 Å². The second kappa shape index (κ2) is 10.8. The number of unbranched alkanes of at least 4 members (excludes halogenated alkanes) is 1. The maximum Gasteiger partial charge on any atom is 0.243 e. The number of carbonyl (C=O) groups excluding carboxylic acids is 1. The van der Waals surface area contributed by atoms with Gasteiger partial charge in [-0.05, 0) is 59.3 Å². The molecule has 0 saturated carbocycles. The Morgan fingerprint density at radius 2 is 1.62 bits per heavy atom. The van der Waals surface area contributed by atoms with Gasteiger partial charge in [0.05, 0.1) is 6.04 Å². The third-order valence-electron chi connectivity index (χ3n) is 6.88. The van der Waals surface area contributed by atoms with Gasteiger partial charge in [0.25, 0.3) is 0 Å². The maximum atomic E-state index is 12.0. The van der Waals surface area contributed by atoms with Gasteiger partial charge in [0, 0.05) is 51.2 Å². The van der Waals surface area contributed by atoms with Gasteiger partial charge in [-0.15, -0.1) is 0 Å². The molecule has 1 aromatic heterocycles. The molecule has 1 amide bonds.